The molecule has 0 radical (unpaired) electrons. The summed E-state index contributed by atoms with van der Waals surface area (Å²) in [6.07, 6.45) is 0. The van der Waals surface area contributed by atoms with Gasteiger partial charge in [0.15, 0.2) is 0 Å². The van der Waals surface area contributed by atoms with Crippen LogP contribution in [0.3, 0.4) is 0 Å². The molecule has 4 aromatic rings. The molecule has 0 bridgehead atoms. The number of hydrogen-bond acceptors (Lipinski definition) is 1. The highest BCUT2D eigenvalue weighted by Gasteiger charge is 2.45. The first-order valence-electron chi connectivity index (χ1n) is 8.93. The molecule has 0 heterocycles. The average Bonchev–Trinajstić information content (AvgIpc) is 3.00. The summed E-state index contributed by atoms with van der Waals surface area (Å²) in [6.45, 7) is 0. The van der Waals surface area contributed by atoms with Crippen molar-refractivity contribution < 1.29 is 0 Å². The number of nitrogens with two attached hydrogens (primary N) is 1. The summed E-state index contributed by atoms with van der Waals surface area (Å²) in [5.41, 5.74) is 14.4. The van der Waals surface area contributed by atoms with E-state index in [9.17, 15) is 0 Å². The van der Waals surface area contributed by atoms with Gasteiger partial charge in [0, 0.05) is 5.69 Å². The van der Waals surface area contributed by atoms with Crippen molar-refractivity contribution >= 4 is 5.69 Å². The largest absolute Gasteiger partial charge is 0.399 e. The van der Waals surface area contributed by atoms with Crippen LogP contribution in [0.15, 0.2) is 103 Å². The molecule has 0 spiro atoms. The summed E-state index contributed by atoms with van der Waals surface area (Å²) in [5.74, 6) is 0. The molecule has 0 amide bonds. The van der Waals surface area contributed by atoms with Crippen LogP contribution in [0.1, 0.15) is 22.3 Å². The lowest BCUT2D eigenvalue weighted by Gasteiger charge is -2.34. The van der Waals surface area contributed by atoms with Crippen molar-refractivity contribution in [3.63, 3.8) is 0 Å². The molecule has 1 heteroatoms. The smallest absolute Gasteiger partial charge is 0.0714 e. The zero-order chi connectivity index (χ0) is 17.6. The molecule has 124 valence electrons. The van der Waals surface area contributed by atoms with Gasteiger partial charge in [-0.1, -0.05) is 91.0 Å². The third-order valence-corrected chi connectivity index (χ3v) is 5.48. The molecule has 5 rings (SSSR count). The van der Waals surface area contributed by atoms with Crippen LogP contribution in [-0.2, 0) is 5.41 Å². The summed E-state index contributed by atoms with van der Waals surface area (Å²) in [5, 5.41) is 0. The van der Waals surface area contributed by atoms with E-state index in [1.54, 1.807) is 0 Å². The van der Waals surface area contributed by atoms with Crippen LogP contribution < -0.4 is 5.73 Å². The van der Waals surface area contributed by atoms with Crippen LogP contribution in [0.5, 0.6) is 0 Å². The fourth-order valence-electron chi connectivity index (χ4n) is 4.48. The lowest BCUT2D eigenvalue weighted by Crippen LogP contribution is -2.28. The van der Waals surface area contributed by atoms with E-state index < -0.39 is 0 Å². The quantitative estimate of drug-likeness (QED) is 0.416. The summed E-state index contributed by atoms with van der Waals surface area (Å²) < 4.78 is 0. The maximum Gasteiger partial charge on any atom is 0.0714 e. The van der Waals surface area contributed by atoms with E-state index in [0.29, 0.717) is 0 Å². The van der Waals surface area contributed by atoms with E-state index in [-0.39, 0.29) is 5.41 Å². The zero-order valence-corrected chi connectivity index (χ0v) is 14.4. The molecule has 2 N–H and O–H groups in total. The molecular weight excluding hydrogens is 314 g/mol. The van der Waals surface area contributed by atoms with Gasteiger partial charge in [-0.2, -0.15) is 0 Å². The maximum atomic E-state index is 6.20. The van der Waals surface area contributed by atoms with Gasteiger partial charge in [0.1, 0.15) is 0 Å². The van der Waals surface area contributed by atoms with Crippen molar-refractivity contribution in [2.45, 2.75) is 5.41 Å². The molecule has 0 aromatic heterocycles. The van der Waals surface area contributed by atoms with Crippen molar-refractivity contribution in [3.05, 3.63) is 125 Å². The van der Waals surface area contributed by atoms with Crippen LogP contribution >= 0.6 is 0 Å². The highest BCUT2D eigenvalue weighted by molar-refractivity contribution is 5.86. The van der Waals surface area contributed by atoms with Crippen molar-refractivity contribution in [2.75, 3.05) is 5.73 Å². The second kappa shape index (κ2) is 5.60. The summed E-state index contributed by atoms with van der Waals surface area (Å²) >= 11 is 0. The van der Waals surface area contributed by atoms with Gasteiger partial charge in [-0.25, -0.2) is 0 Å². The minimum Gasteiger partial charge on any atom is -0.399 e. The molecule has 1 aliphatic rings. The number of nitrogen functional groups attached to an aromatic ring is 1. The average molecular weight is 333 g/mol. The Morgan fingerprint density at radius 3 is 1.65 bits per heavy atom. The Morgan fingerprint density at radius 2 is 1.04 bits per heavy atom. The summed E-state index contributed by atoms with van der Waals surface area (Å²) in [7, 11) is 0. The number of anilines is 1. The number of benzene rings is 4. The third kappa shape index (κ3) is 1.91. The van der Waals surface area contributed by atoms with Crippen LogP contribution in [0.2, 0.25) is 0 Å². The fourth-order valence-corrected chi connectivity index (χ4v) is 4.48. The summed E-state index contributed by atoms with van der Waals surface area (Å²) in [4.78, 5) is 0. The van der Waals surface area contributed by atoms with Gasteiger partial charge in [-0.05, 0) is 45.5 Å². The van der Waals surface area contributed by atoms with Crippen LogP contribution in [0.4, 0.5) is 5.69 Å². The molecule has 1 nitrogen and oxygen atoms in total. The van der Waals surface area contributed by atoms with E-state index in [2.05, 4.69) is 97.1 Å². The predicted octanol–water partition coefficient (Wildman–Crippen LogP) is 5.63. The Hall–Kier alpha value is -3.32. The highest BCUT2D eigenvalue weighted by atomic mass is 14.6. The predicted molar refractivity (Wildman–Crippen MR) is 108 cm³/mol. The Morgan fingerprint density at radius 1 is 0.500 bits per heavy atom. The molecule has 0 saturated heterocycles. The first-order chi connectivity index (χ1) is 12.8. The van der Waals surface area contributed by atoms with Crippen molar-refractivity contribution in [1.29, 1.82) is 0 Å². The Bertz CT molecular complexity index is 1050. The van der Waals surface area contributed by atoms with E-state index >= 15 is 0 Å². The van der Waals surface area contributed by atoms with Crippen molar-refractivity contribution in [1.82, 2.24) is 0 Å². The zero-order valence-electron chi connectivity index (χ0n) is 14.4. The maximum absolute atomic E-state index is 6.20. The molecule has 26 heavy (non-hydrogen) atoms. The monoisotopic (exact) mass is 333 g/mol. The molecule has 0 aliphatic heterocycles. The number of rotatable bonds is 2. The first-order valence-corrected chi connectivity index (χ1v) is 8.93. The Labute approximate surface area is 153 Å². The Kier molecular flexibility index (Phi) is 3.23. The first kappa shape index (κ1) is 15.0. The van der Waals surface area contributed by atoms with Crippen LogP contribution in [0.25, 0.3) is 11.1 Å². The minimum atomic E-state index is -0.343. The van der Waals surface area contributed by atoms with Gasteiger partial charge in [0.2, 0.25) is 0 Å². The fraction of sp³-hybridized carbons (Fsp3) is 0.0400. The lowest BCUT2D eigenvalue weighted by molar-refractivity contribution is 0.769. The van der Waals surface area contributed by atoms with Gasteiger partial charge >= 0.3 is 0 Å². The molecule has 1 aliphatic carbocycles. The topological polar surface area (TPSA) is 26.0 Å². The number of hydrogen-bond donors (Lipinski definition) is 1. The van der Waals surface area contributed by atoms with E-state index in [0.717, 1.165) is 5.69 Å². The van der Waals surface area contributed by atoms with Gasteiger partial charge in [0.25, 0.3) is 0 Å². The molecule has 0 unspecified atom stereocenters. The van der Waals surface area contributed by atoms with E-state index in [1.165, 1.54) is 33.4 Å². The standard InChI is InChI=1S/C25H19N/c26-20-12-8-11-19(17-20)25(18-9-2-1-3-10-18)23-15-6-4-13-21(23)22-14-5-7-16-24(22)25/h1-17H,26H2. The molecule has 4 aromatic carbocycles. The second-order valence-corrected chi connectivity index (χ2v) is 6.83. The van der Waals surface area contributed by atoms with Crippen molar-refractivity contribution in [2.24, 2.45) is 0 Å². The molecule has 0 saturated carbocycles. The van der Waals surface area contributed by atoms with Gasteiger partial charge in [-0.3, -0.25) is 0 Å². The third-order valence-electron chi connectivity index (χ3n) is 5.48. The Balaban J connectivity index is 1.98. The molecule has 0 atom stereocenters. The normalized spacial score (nSPS) is 13.8. The second-order valence-electron chi connectivity index (χ2n) is 6.83. The van der Waals surface area contributed by atoms with Crippen LogP contribution in [-0.4, -0.2) is 0 Å². The lowest BCUT2D eigenvalue weighted by atomic mass is 9.67. The SMILES string of the molecule is Nc1cccc(C2(c3ccccc3)c3ccccc3-c3ccccc32)c1. The van der Waals surface area contributed by atoms with Gasteiger partial charge in [0.05, 0.1) is 5.41 Å². The minimum absolute atomic E-state index is 0.343. The molecule has 0 fully saturated rings. The van der Waals surface area contributed by atoms with E-state index in [4.69, 9.17) is 5.73 Å². The van der Waals surface area contributed by atoms with E-state index in [1.807, 2.05) is 6.07 Å². The van der Waals surface area contributed by atoms with Gasteiger partial charge < -0.3 is 5.73 Å². The summed E-state index contributed by atoms with van der Waals surface area (Å²) in [6, 6.07) is 36.6. The van der Waals surface area contributed by atoms with Crippen LogP contribution in [0, 0.1) is 0 Å². The van der Waals surface area contributed by atoms with Gasteiger partial charge in [-0.15, -0.1) is 0 Å². The van der Waals surface area contributed by atoms with Crippen molar-refractivity contribution in [3.8, 4) is 11.1 Å². The molecular formula is C25H19N. The number of fused-ring (bicyclic) bond motifs is 3. The highest BCUT2D eigenvalue weighted by Crippen LogP contribution is 2.55.